The normalized spacial score (nSPS) is 11.8. The van der Waals surface area contributed by atoms with Gasteiger partial charge in [0.25, 0.3) is 11.5 Å². The van der Waals surface area contributed by atoms with Crippen molar-refractivity contribution in [3.05, 3.63) is 86.4 Å². The van der Waals surface area contributed by atoms with Crippen LogP contribution >= 0.6 is 11.6 Å². The summed E-state index contributed by atoms with van der Waals surface area (Å²) < 4.78 is 33.3. The van der Waals surface area contributed by atoms with Crippen LogP contribution in [0.4, 0.5) is 8.78 Å². The average molecular weight is 464 g/mol. The van der Waals surface area contributed by atoms with Crippen LogP contribution in [0, 0.1) is 18.6 Å². The average Bonchev–Trinajstić information content (AvgIpc) is 2.73. The Morgan fingerprint density at radius 1 is 1.25 bits per heavy atom. The summed E-state index contributed by atoms with van der Waals surface area (Å²) in [6, 6.07) is 8.40. The van der Waals surface area contributed by atoms with E-state index < -0.39 is 29.1 Å². The predicted molar refractivity (Wildman–Crippen MR) is 114 cm³/mol. The van der Waals surface area contributed by atoms with E-state index in [1.807, 2.05) is 0 Å². The van der Waals surface area contributed by atoms with Crippen LogP contribution in [0.1, 0.15) is 28.4 Å². The molecule has 2 aromatic carbocycles. The third-order valence-corrected chi connectivity index (χ3v) is 4.86. The minimum absolute atomic E-state index is 0.0835. The number of aliphatic hydroxyl groups excluding tert-OH is 1. The summed E-state index contributed by atoms with van der Waals surface area (Å²) in [7, 11) is 0. The molecule has 0 aliphatic heterocycles. The Balaban J connectivity index is 1.88. The van der Waals surface area contributed by atoms with Crippen molar-refractivity contribution in [2.45, 2.75) is 26.5 Å². The van der Waals surface area contributed by atoms with Crippen molar-refractivity contribution in [1.82, 2.24) is 14.9 Å². The first-order valence-electron chi connectivity index (χ1n) is 9.58. The van der Waals surface area contributed by atoms with Gasteiger partial charge in [-0.05, 0) is 55.3 Å². The minimum Gasteiger partial charge on any atom is -0.472 e. The smallest absolute Gasteiger partial charge is 0.262 e. The second-order valence-corrected chi connectivity index (χ2v) is 7.46. The Kier molecular flexibility index (Phi) is 7.22. The van der Waals surface area contributed by atoms with Gasteiger partial charge in [0.1, 0.15) is 18.2 Å². The van der Waals surface area contributed by atoms with Crippen molar-refractivity contribution < 1.29 is 23.4 Å². The van der Waals surface area contributed by atoms with Crippen LogP contribution in [-0.2, 0) is 6.61 Å². The minimum atomic E-state index is -0.786. The number of ether oxygens (including phenoxy) is 1. The molecule has 0 fully saturated rings. The van der Waals surface area contributed by atoms with Gasteiger partial charge in [0.15, 0.2) is 0 Å². The number of carbonyl (C=O) groups is 1. The van der Waals surface area contributed by atoms with Crippen molar-refractivity contribution in [3.8, 4) is 11.6 Å². The third kappa shape index (κ3) is 5.30. The molecule has 3 rings (SSSR count). The van der Waals surface area contributed by atoms with Crippen molar-refractivity contribution in [2.75, 3.05) is 6.61 Å². The maximum Gasteiger partial charge on any atom is 0.262 e. The highest BCUT2D eigenvalue weighted by Crippen LogP contribution is 2.21. The molecule has 0 bridgehead atoms. The molecule has 1 aromatic heterocycles. The zero-order chi connectivity index (χ0) is 23.4. The molecule has 32 heavy (non-hydrogen) atoms. The number of nitrogens with zero attached hydrogens (tertiary/aromatic N) is 2. The van der Waals surface area contributed by atoms with E-state index >= 15 is 0 Å². The summed E-state index contributed by atoms with van der Waals surface area (Å²) in [5.74, 6) is -2.06. The second kappa shape index (κ2) is 9.88. The topological polar surface area (TPSA) is 93.5 Å². The molecule has 1 amide bonds. The van der Waals surface area contributed by atoms with E-state index in [1.165, 1.54) is 12.1 Å². The second-order valence-electron chi connectivity index (χ2n) is 7.12. The van der Waals surface area contributed by atoms with E-state index in [-0.39, 0.29) is 35.5 Å². The van der Waals surface area contributed by atoms with Gasteiger partial charge in [-0.25, -0.2) is 8.78 Å². The Bertz CT molecular complexity index is 1220. The number of halogens is 3. The van der Waals surface area contributed by atoms with E-state index in [0.717, 1.165) is 22.8 Å². The fourth-order valence-corrected chi connectivity index (χ4v) is 3.12. The van der Waals surface area contributed by atoms with Gasteiger partial charge in [0, 0.05) is 23.2 Å². The molecule has 168 valence electrons. The van der Waals surface area contributed by atoms with Crippen molar-refractivity contribution >= 4 is 17.5 Å². The lowest BCUT2D eigenvalue weighted by Gasteiger charge is -2.15. The molecule has 1 heterocycles. The maximum absolute atomic E-state index is 13.8. The Morgan fingerprint density at radius 3 is 2.66 bits per heavy atom. The van der Waals surface area contributed by atoms with E-state index in [0.29, 0.717) is 11.3 Å². The molecule has 0 saturated heterocycles. The van der Waals surface area contributed by atoms with E-state index in [1.54, 1.807) is 26.0 Å². The molecule has 0 aliphatic rings. The monoisotopic (exact) mass is 463 g/mol. The highest BCUT2D eigenvalue weighted by molar-refractivity contribution is 6.28. The third-order valence-electron chi connectivity index (χ3n) is 4.61. The number of hydrogen-bond donors (Lipinski definition) is 2. The lowest BCUT2D eigenvalue weighted by atomic mass is 10.1. The summed E-state index contributed by atoms with van der Waals surface area (Å²) >= 11 is 6.23. The molecule has 0 radical (unpaired) electrons. The molecule has 3 aromatic rings. The number of hydrogen-bond acceptors (Lipinski definition) is 5. The van der Waals surface area contributed by atoms with Gasteiger partial charge in [-0.1, -0.05) is 6.07 Å². The SMILES string of the molecule is Cc1ccc(C(=O)N[C@H](C)CO)cc1-n1c(Cl)nc(OCc2ccc(F)cc2F)cc1=O. The summed E-state index contributed by atoms with van der Waals surface area (Å²) in [6.45, 7) is 2.88. The number of nitrogens with one attached hydrogen (secondary N) is 1. The van der Waals surface area contributed by atoms with Crippen molar-refractivity contribution in [3.63, 3.8) is 0 Å². The van der Waals surface area contributed by atoms with Gasteiger partial charge < -0.3 is 15.2 Å². The zero-order valence-electron chi connectivity index (χ0n) is 17.2. The van der Waals surface area contributed by atoms with Crippen molar-refractivity contribution in [1.29, 1.82) is 0 Å². The van der Waals surface area contributed by atoms with Gasteiger partial charge in [-0.15, -0.1) is 0 Å². The maximum atomic E-state index is 13.8. The lowest BCUT2D eigenvalue weighted by Crippen LogP contribution is -2.35. The highest BCUT2D eigenvalue weighted by Gasteiger charge is 2.16. The van der Waals surface area contributed by atoms with Crippen LogP contribution in [0.15, 0.2) is 47.3 Å². The van der Waals surface area contributed by atoms with Gasteiger partial charge in [-0.2, -0.15) is 4.98 Å². The van der Waals surface area contributed by atoms with Crippen molar-refractivity contribution in [2.24, 2.45) is 0 Å². The van der Waals surface area contributed by atoms with Crippen LogP contribution < -0.4 is 15.6 Å². The largest absolute Gasteiger partial charge is 0.472 e. The standard InChI is InChI=1S/C22H20ClF2N3O4/c1-12-3-4-14(21(31)26-13(2)10-29)7-18(12)28-20(30)9-19(27-22(28)23)32-11-15-5-6-16(24)8-17(15)25/h3-9,13,29H,10-11H2,1-2H3,(H,26,31)/t13-/m1/s1. The Hall–Kier alpha value is -3.30. The molecular weight excluding hydrogens is 444 g/mol. The van der Waals surface area contributed by atoms with Crippen LogP contribution in [0.25, 0.3) is 5.69 Å². The highest BCUT2D eigenvalue weighted by atomic mass is 35.5. The Labute approximate surface area is 187 Å². The van der Waals surface area contributed by atoms with Crippen LogP contribution in [0.3, 0.4) is 0 Å². The first-order valence-corrected chi connectivity index (χ1v) is 9.96. The molecule has 0 saturated carbocycles. The quantitative estimate of drug-likeness (QED) is 0.525. The molecular formula is C22H20ClF2N3O4. The molecule has 2 N–H and O–H groups in total. The molecule has 0 spiro atoms. The van der Waals surface area contributed by atoms with Gasteiger partial charge in [0.2, 0.25) is 11.2 Å². The van der Waals surface area contributed by atoms with Gasteiger partial charge >= 0.3 is 0 Å². The number of amides is 1. The van der Waals surface area contributed by atoms with Gasteiger partial charge in [-0.3, -0.25) is 14.2 Å². The summed E-state index contributed by atoms with van der Waals surface area (Å²) in [5.41, 5.74) is 0.766. The molecule has 10 heteroatoms. The first kappa shape index (κ1) is 23.4. The predicted octanol–water partition coefficient (Wildman–Crippen LogP) is 3.16. The molecule has 0 unspecified atom stereocenters. The fourth-order valence-electron chi connectivity index (χ4n) is 2.86. The number of aromatic nitrogens is 2. The zero-order valence-corrected chi connectivity index (χ0v) is 18.0. The number of aryl methyl sites for hydroxylation is 1. The van der Waals surface area contributed by atoms with Crippen LogP contribution in [0.5, 0.6) is 5.88 Å². The lowest BCUT2D eigenvalue weighted by molar-refractivity contribution is 0.0922. The van der Waals surface area contributed by atoms with E-state index in [4.69, 9.17) is 21.4 Å². The summed E-state index contributed by atoms with van der Waals surface area (Å²) in [5, 5.41) is 11.5. The summed E-state index contributed by atoms with van der Waals surface area (Å²) in [4.78, 5) is 29.1. The molecule has 1 atom stereocenters. The van der Waals surface area contributed by atoms with Crippen LogP contribution in [-0.4, -0.2) is 33.2 Å². The number of aliphatic hydroxyl groups is 1. The number of carbonyl (C=O) groups excluding carboxylic acids is 1. The Morgan fingerprint density at radius 2 is 2.00 bits per heavy atom. The van der Waals surface area contributed by atoms with E-state index in [9.17, 15) is 18.4 Å². The molecule has 0 aliphatic carbocycles. The number of rotatable bonds is 7. The summed E-state index contributed by atoms with van der Waals surface area (Å²) in [6.07, 6.45) is 0. The molecule has 7 nitrogen and oxygen atoms in total. The number of benzene rings is 2. The first-order chi connectivity index (χ1) is 15.2. The van der Waals surface area contributed by atoms with E-state index in [2.05, 4.69) is 10.3 Å². The van der Waals surface area contributed by atoms with Crippen LogP contribution in [0.2, 0.25) is 5.28 Å². The fraction of sp³-hybridized carbons (Fsp3) is 0.227. The van der Waals surface area contributed by atoms with Gasteiger partial charge in [0.05, 0.1) is 18.4 Å².